The van der Waals surface area contributed by atoms with Crippen LogP contribution in [0, 0.1) is 0 Å². The highest BCUT2D eigenvalue weighted by atomic mass is 16.5. The highest BCUT2D eigenvalue weighted by Gasteiger charge is 2.25. The SMILES string of the molecule is CCCN1C(=O)CCc2cc(C(=O)N3CCOCC3)ccc21. The number of benzene rings is 1. The van der Waals surface area contributed by atoms with E-state index in [2.05, 4.69) is 6.92 Å². The van der Waals surface area contributed by atoms with E-state index < -0.39 is 0 Å². The van der Waals surface area contributed by atoms with Gasteiger partial charge in [-0.3, -0.25) is 9.59 Å². The molecule has 2 heterocycles. The number of hydrogen-bond donors (Lipinski definition) is 0. The smallest absolute Gasteiger partial charge is 0.254 e. The van der Waals surface area contributed by atoms with Gasteiger partial charge in [0.25, 0.3) is 5.91 Å². The fourth-order valence-electron chi connectivity index (χ4n) is 3.11. The highest BCUT2D eigenvalue weighted by Crippen LogP contribution is 2.29. The van der Waals surface area contributed by atoms with Crippen molar-refractivity contribution in [2.75, 3.05) is 37.7 Å². The molecular weight excluding hydrogens is 280 g/mol. The Morgan fingerprint density at radius 2 is 2.00 bits per heavy atom. The Labute approximate surface area is 130 Å². The van der Waals surface area contributed by atoms with Crippen LogP contribution in [0.3, 0.4) is 0 Å². The third-order valence-electron chi connectivity index (χ3n) is 4.27. The molecule has 0 aromatic heterocycles. The molecule has 0 bridgehead atoms. The second-order valence-corrected chi connectivity index (χ2v) is 5.79. The van der Waals surface area contributed by atoms with Gasteiger partial charge in [0.05, 0.1) is 13.2 Å². The van der Waals surface area contributed by atoms with Crippen molar-refractivity contribution in [3.8, 4) is 0 Å². The summed E-state index contributed by atoms with van der Waals surface area (Å²) in [5, 5.41) is 0. The summed E-state index contributed by atoms with van der Waals surface area (Å²) in [5.41, 5.74) is 2.79. The predicted octanol–water partition coefficient (Wildman–Crippen LogP) is 1.85. The van der Waals surface area contributed by atoms with Crippen LogP contribution in [0.25, 0.3) is 0 Å². The lowest BCUT2D eigenvalue weighted by Gasteiger charge is -2.30. The average Bonchev–Trinajstić information content (AvgIpc) is 2.57. The molecular formula is C17H22N2O3. The molecule has 0 unspecified atom stereocenters. The molecule has 118 valence electrons. The first-order chi connectivity index (χ1) is 10.7. The Kier molecular flexibility index (Phi) is 4.43. The van der Waals surface area contributed by atoms with E-state index in [1.807, 2.05) is 28.0 Å². The van der Waals surface area contributed by atoms with Crippen LogP contribution in [-0.2, 0) is 16.0 Å². The molecule has 0 atom stereocenters. The van der Waals surface area contributed by atoms with E-state index in [1.165, 1.54) is 0 Å². The summed E-state index contributed by atoms with van der Waals surface area (Å²) in [6.07, 6.45) is 2.18. The second kappa shape index (κ2) is 6.48. The number of fused-ring (bicyclic) bond motifs is 1. The van der Waals surface area contributed by atoms with E-state index in [9.17, 15) is 9.59 Å². The van der Waals surface area contributed by atoms with Crippen LogP contribution in [0.15, 0.2) is 18.2 Å². The van der Waals surface area contributed by atoms with Gasteiger partial charge in [0.15, 0.2) is 0 Å². The van der Waals surface area contributed by atoms with Gasteiger partial charge >= 0.3 is 0 Å². The lowest BCUT2D eigenvalue weighted by molar-refractivity contribution is -0.118. The first-order valence-electron chi connectivity index (χ1n) is 8.01. The molecule has 0 N–H and O–H groups in total. The number of carbonyl (C=O) groups is 2. The fourth-order valence-corrected chi connectivity index (χ4v) is 3.11. The minimum Gasteiger partial charge on any atom is -0.378 e. The summed E-state index contributed by atoms with van der Waals surface area (Å²) in [6, 6.07) is 5.73. The monoisotopic (exact) mass is 302 g/mol. The van der Waals surface area contributed by atoms with Crippen LogP contribution in [0.5, 0.6) is 0 Å². The molecule has 2 amide bonds. The molecule has 5 nitrogen and oxygen atoms in total. The summed E-state index contributed by atoms with van der Waals surface area (Å²) in [7, 11) is 0. The maximum Gasteiger partial charge on any atom is 0.254 e. The van der Waals surface area contributed by atoms with Crippen molar-refractivity contribution in [2.45, 2.75) is 26.2 Å². The zero-order valence-corrected chi connectivity index (χ0v) is 13.0. The lowest BCUT2D eigenvalue weighted by Crippen LogP contribution is -2.41. The van der Waals surface area contributed by atoms with Gasteiger partial charge in [-0.25, -0.2) is 0 Å². The van der Waals surface area contributed by atoms with E-state index in [4.69, 9.17) is 4.74 Å². The van der Waals surface area contributed by atoms with Gasteiger partial charge in [-0.05, 0) is 36.6 Å². The minimum atomic E-state index is 0.0602. The van der Waals surface area contributed by atoms with E-state index in [0.717, 1.165) is 30.6 Å². The number of hydrogen-bond acceptors (Lipinski definition) is 3. The van der Waals surface area contributed by atoms with Crippen molar-refractivity contribution in [1.29, 1.82) is 0 Å². The molecule has 1 aromatic carbocycles. The zero-order valence-electron chi connectivity index (χ0n) is 13.0. The Morgan fingerprint density at radius 3 is 2.73 bits per heavy atom. The van der Waals surface area contributed by atoms with Crippen molar-refractivity contribution in [3.63, 3.8) is 0 Å². The normalized spacial score (nSPS) is 18.3. The van der Waals surface area contributed by atoms with Gasteiger partial charge in [0.2, 0.25) is 5.91 Å². The van der Waals surface area contributed by atoms with E-state index in [-0.39, 0.29) is 11.8 Å². The fraction of sp³-hybridized carbons (Fsp3) is 0.529. The van der Waals surface area contributed by atoms with Crippen LogP contribution in [0.4, 0.5) is 5.69 Å². The van der Waals surface area contributed by atoms with Gasteiger partial charge in [-0.2, -0.15) is 0 Å². The number of nitrogens with zero attached hydrogens (tertiary/aromatic N) is 2. The molecule has 1 fully saturated rings. The number of ether oxygens (including phenoxy) is 1. The van der Waals surface area contributed by atoms with E-state index >= 15 is 0 Å². The van der Waals surface area contributed by atoms with E-state index in [0.29, 0.717) is 38.3 Å². The lowest BCUT2D eigenvalue weighted by atomic mass is 9.98. The number of rotatable bonds is 3. The maximum absolute atomic E-state index is 12.5. The predicted molar refractivity (Wildman–Crippen MR) is 84.1 cm³/mol. The average molecular weight is 302 g/mol. The molecule has 2 aliphatic heterocycles. The van der Waals surface area contributed by atoms with Gasteiger partial charge in [0, 0.05) is 37.3 Å². The summed E-state index contributed by atoms with van der Waals surface area (Å²) in [4.78, 5) is 28.3. The summed E-state index contributed by atoms with van der Waals surface area (Å²) in [6.45, 7) is 5.32. The molecule has 1 saturated heterocycles. The van der Waals surface area contributed by atoms with E-state index in [1.54, 1.807) is 0 Å². The Morgan fingerprint density at radius 1 is 1.23 bits per heavy atom. The Balaban J connectivity index is 1.84. The molecule has 1 aromatic rings. The van der Waals surface area contributed by atoms with Crippen molar-refractivity contribution >= 4 is 17.5 Å². The van der Waals surface area contributed by atoms with Crippen LogP contribution in [0.2, 0.25) is 0 Å². The molecule has 0 radical (unpaired) electrons. The standard InChI is InChI=1S/C17H22N2O3/c1-2-7-19-15-5-3-14(12-13(15)4-6-16(19)20)17(21)18-8-10-22-11-9-18/h3,5,12H,2,4,6-11H2,1H3. The van der Waals surface area contributed by atoms with Crippen molar-refractivity contribution < 1.29 is 14.3 Å². The maximum atomic E-state index is 12.5. The summed E-state index contributed by atoms with van der Waals surface area (Å²) >= 11 is 0. The van der Waals surface area contributed by atoms with Crippen LogP contribution < -0.4 is 4.90 Å². The molecule has 0 aliphatic carbocycles. The zero-order chi connectivity index (χ0) is 15.5. The van der Waals surface area contributed by atoms with Gasteiger partial charge < -0.3 is 14.5 Å². The van der Waals surface area contributed by atoms with Crippen LogP contribution in [-0.4, -0.2) is 49.6 Å². The second-order valence-electron chi connectivity index (χ2n) is 5.79. The number of morpholine rings is 1. The third-order valence-corrected chi connectivity index (χ3v) is 4.27. The number of carbonyl (C=O) groups excluding carboxylic acids is 2. The quantitative estimate of drug-likeness (QED) is 0.856. The molecule has 3 rings (SSSR count). The van der Waals surface area contributed by atoms with Crippen molar-refractivity contribution in [3.05, 3.63) is 29.3 Å². The number of aryl methyl sites for hydroxylation is 1. The molecule has 22 heavy (non-hydrogen) atoms. The van der Waals surface area contributed by atoms with Crippen LogP contribution >= 0.6 is 0 Å². The summed E-state index contributed by atoms with van der Waals surface area (Å²) in [5.74, 6) is 0.242. The van der Waals surface area contributed by atoms with Gasteiger partial charge in [0.1, 0.15) is 0 Å². The van der Waals surface area contributed by atoms with Gasteiger partial charge in [-0.15, -0.1) is 0 Å². The molecule has 0 spiro atoms. The van der Waals surface area contributed by atoms with Gasteiger partial charge in [-0.1, -0.05) is 6.92 Å². The topological polar surface area (TPSA) is 49.9 Å². The summed E-state index contributed by atoms with van der Waals surface area (Å²) < 4.78 is 5.29. The number of amides is 2. The third kappa shape index (κ3) is 2.86. The number of anilines is 1. The first kappa shape index (κ1) is 15.0. The molecule has 5 heteroatoms. The van der Waals surface area contributed by atoms with Crippen molar-refractivity contribution in [2.24, 2.45) is 0 Å². The Bertz CT molecular complexity index is 579. The largest absolute Gasteiger partial charge is 0.378 e. The minimum absolute atomic E-state index is 0.0602. The molecule has 0 saturated carbocycles. The Hall–Kier alpha value is -1.88. The van der Waals surface area contributed by atoms with Crippen molar-refractivity contribution in [1.82, 2.24) is 4.90 Å². The van der Waals surface area contributed by atoms with Crippen LogP contribution in [0.1, 0.15) is 35.7 Å². The molecule has 2 aliphatic rings. The first-order valence-corrected chi connectivity index (χ1v) is 8.01. The highest BCUT2D eigenvalue weighted by molar-refractivity contribution is 5.99.